The van der Waals surface area contributed by atoms with Crippen LogP contribution in [-0.2, 0) is 0 Å². The average molecular weight is 296 g/mol. The molecule has 1 aliphatic carbocycles. The summed E-state index contributed by atoms with van der Waals surface area (Å²) in [6, 6.07) is 30.6. The van der Waals surface area contributed by atoms with Gasteiger partial charge in [-0.15, -0.1) is 0 Å². The molecular formula is C23H20. The summed E-state index contributed by atoms with van der Waals surface area (Å²) in [4.78, 5) is 0. The highest BCUT2D eigenvalue weighted by atomic mass is 14.3. The summed E-state index contributed by atoms with van der Waals surface area (Å²) in [5.41, 5.74) is 8.51. The molecular weight excluding hydrogens is 276 g/mol. The van der Waals surface area contributed by atoms with E-state index >= 15 is 0 Å². The van der Waals surface area contributed by atoms with Gasteiger partial charge in [0.15, 0.2) is 0 Å². The summed E-state index contributed by atoms with van der Waals surface area (Å²) in [5.74, 6) is 0.382. The molecule has 0 aromatic heterocycles. The first-order valence-corrected chi connectivity index (χ1v) is 8.33. The monoisotopic (exact) mass is 296 g/mol. The molecule has 3 aromatic rings. The maximum atomic E-state index is 2.29. The second-order valence-electron chi connectivity index (χ2n) is 6.05. The van der Waals surface area contributed by atoms with E-state index in [1.165, 1.54) is 33.4 Å². The van der Waals surface area contributed by atoms with Crippen molar-refractivity contribution in [2.24, 2.45) is 0 Å². The van der Waals surface area contributed by atoms with E-state index in [-0.39, 0.29) is 0 Å². The molecule has 1 unspecified atom stereocenters. The maximum Gasteiger partial charge on any atom is 0.0314 e. The van der Waals surface area contributed by atoms with Gasteiger partial charge in [-0.2, -0.15) is 0 Å². The van der Waals surface area contributed by atoms with Gasteiger partial charge >= 0.3 is 0 Å². The van der Waals surface area contributed by atoms with E-state index in [1.807, 2.05) is 0 Å². The van der Waals surface area contributed by atoms with Crippen LogP contribution in [-0.4, -0.2) is 0 Å². The quantitative estimate of drug-likeness (QED) is 0.552. The lowest BCUT2D eigenvalue weighted by atomic mass is 9.87. The molecule has 0 saturated carbocycles. The van der Waals surface area contributed by atoms with Gasteiger partial charge in [0.05, 0.1) is 0 Å². The smallest absolute Gasteiger partial charge is 0.0314 e. The van der Waals surface area contributed by atoms with Crippen LogP contribution >= 0.6 is 0 Å². The lowest BCUT2D eigenvalue weighted by Crippen LogP contribution is -2.00. The minimum atomic E-state index is 0.382. The zero-order valence-corrected chi connectivity index (χ0v) is 13.4. The molecule has 0 spiro atoms. The number of fused-ring (bicyclic) bond motifs is 1. The fourth-order valence-corrected chi connectivity index (χ4v) is 3.83. The first-order valence-electron chi connectivity index (χ1n) is 8.33. The minimum Gasteiger partial charge on any atom is -0.0622 e. The molecule has 0 aliphatic heterocycles. The van der Waals surface area contributed by atoms with Crippen molar-refractivity contribution in [2.45, 2.75) is 19.3 Å². The van der Waals surface area contributed by atoms with Gasteiger partial charge in [-0.05, 0) is 34.2 Å². The van der Waals surface area contributed by atoms with Crippen molar-refractivity contribution in [3.8, 4) is 0 Å². The van der Waals surface area contributed by atoms with Gasteiger partial charge in [0, 0.05) is 5.92 Å². The van der Waals surface area contributed by atoms with E-state index in [0.29, 0.717) is 5.92 Å². The molecule has 0 fully saturated rings. The molecule has 23 heavy (non-hydrogen) atoms. The SMILES string of the molecule is CCC1=C(c2ccccc2)c2ccccc2C1c1ccccc1. The number of allylic oxidation sites excluding steroid dienone is 1. The third-order valence-corrected chi connectivity index (χ3v) is 4.79. The number of hydrogen-bond donors (Lipinski definition) is 0. The lowest BCUT2D eigenvalue weighted by Gasteiger charge is -2.16. The molecule has 0 saturated heterocycles. The second-order valence-corrected chi connectivity index (χ2v) is 6.05. The first-order chi connectivity index (χ1) is 11.4. The van der Waals surface area contributed by atoms with Crippen molar-refractivity contribution < 1.29 is 0 Å². The molecule has 0 amide bonds. The van der Waals surface area contributed by atoms with Gasteiger partial charge < -0.3 is 0 Å². The minimum absolute atomic E-state index is 0.382. The summed E-state index contributed by atoms with van der Waals surface area (Å²) < 4.78 is 0. The van der Waals surface area contributed by atoms with E-state index in [4.69, 9.17) is 0 Å². The van der Waals surface area contributed by atoms with E-state index in [1.54, 1.807) is 0 Å². The van der Waals surface area contributed by atoms with Crippen LogP contribution in [0.3, 0.4) is 0 Å². The Bertz CT molecular complexity index is 841. The highest BCUT2D eigenvalue weighted by molar-refractivity contribution is 5.89. The molecule has 112 valence electrons. The summed E-state index contributed by atoms with van der Waals surface area (Å²) in [6.07, 6.45) is 1.07. The van der Waals surface area contributed by atoms with Crippen molar-refractivity contribution in [3.05, 3.63) is 113 Å². The van der Waals surface area contributed by atoms with Gasteiger partial charge in [0.2, 0.25) is 0 Å². The molecule has 0 N–H and O–H groups in total. The molecule has 0 heterocycles. The Morgan fingerprint density at radius 2 is 1.30 bits per heavy atom. The van der Waals surface area contributed by atoms with E-state index in [2.05, 4.69) is 91.9 Å². The largest absolute Gasteiger partial charge is 0.0622 e. The fraction of sp³-hybridized carbons (Fsp3) is 0.130. The van der Waals surface area contributed by atoms with E-state index < -0.39 is 0 Å². The summed E-state index contributed by atoms with van der Waals surface area (Å²) in [6.45, 7) is 2.28. The summed E-state index contributed by atoms with van der Waals surface area (Å²) >= 11 is 0. The zero-order valence-electron chi connectivity index (χ0n) is 13.4. The Balaban J connectivity index is 1.98. The number of hydrogen-bond acceptors (Lipinski definition) is 0. The van der Waals surface area contributed by atoms with E-state index in [9.17, 15) is 0 Å². The second kappa shape index (κ2) is 5.89. The van der Waals surface area contributed by atoms with Crippen LogP contribution in [0.5, 0.6) is 0 Å². The third-order valence-electron chi connectivity index (χ3n) is 4.79. The number of rotatable bonds is 3. The van der Waals surface area contributed by atoms with Crippen molar-refractivity contribution in [3.63, 3.8) is 0 Å². The molecule has 3 aromatic carbocycles. The Hall–Kier alpha value is -2.60. The highest BCUT2D eigenvalue weighted by Crippen LogP contribution is 2.48. The van der Waals surface area contributed by atoms with Crippen LogP contribution in [0, 0.1) is 0 Å². The molecule has 4 rings (SSSR count). The highest BCUT2D eigenvalue weighted by Gasteiger charge is 2.31. The normalized spacial score (nSPS) is 16.5. The Morgan fingerprint density at radius 3 is 2.00 bits per heavy atom. The average Bonchev–Trinajstić information content (AvgIpc) is 2.97. The predicted molar refractivity (Wildman–Crippen MR) is 97.5 cm³/mol. The molecule has 1 atom stereocenters. The van der Waals surface area contributed by atoms with Crippen molar-refractivity contribution in [2.75, 3.05) is 0 Å². The van der Waals surface area contributed by atoms with Gasteiger partial charge in [0.1, 0.15) is 0 Å². The standard InChI is InChI=1S/C23H20/c1-2-19-22(17-11-5-3-6-12-17)20-15-9-10-16-21(20)23(19)18-13-7-4-8-14-18/h3-16,22H,2H2,1H3. The van der Waals surface area contributed by atoms with Gasteiger partial charge in [0.25, 0.3) is 0 Å². The number of benzene rings is 3. The van der Waals surface area contributed by atoms with Crippen molar-refractivity contribution in [1.82, 2.24) is 0 Å². The molecule has 0 radical (unpaired) electrons. The van der Waals surface area contributed by atoms with Crippen LogP contribution in [0.2, 0.25) is 0 Å². The van der Waals surface area contributed by atoms with E-state index in [0.717, 1.165) is 6.42 Å². The van der Waals surface area contributed by atoms with Gasteiger partial charge in [-0.3, -0.25) is 0 Å². The molecule has 0 nitrogen and oxygen atoms in total. The molecule has 1 aliphatic rings. The molecule has 0 heteroatoms. The van der Waals surface area contributed by atoms with Gasteiger partial charge in [-0.25, -0.2) is 0 Å². The fourth-order valence-electron chi connectivity index (χ4n) is 3.83. The Kier molecular flexibility index (Phi) is 3.59. The predicted octanol–water partition coefficient (Wildman–Crippen LogP) is 6.04. The van der Waals surface area contributed by atoms with Crippen LogP contribution in [0.4, 0.5) is 0 Å². The van der Waals surface area contributed by atoms with Crippen molar-refractivity contribution >= 4 is 5.57 Å². The first kappa shape index (κ1) is 14.0. The van der Waals surface area contributed by atoms with Crippen LogP contribution in [0.1, 0.15) is 41.5 Å². The molecule has 0 bridgehead atoms. The van der Waals surface area contributed by atoms with Crippen LogP contribution in [0.15, 0.2) is 90.5 Å². The zero-order chi connectivity index (χ0) is 15.6. The summed E-state index contributed by atoms with van der Waals surface area (Å²) in [7, 11) is 0. The van der Waals surface area contributed by atoms with Crippen LogP contribution < -0.4 is 0 Å². The van der Waals surface area contributed by atoms with Crippen LogP contribution in [0.25, 0.3) is 5.57 Å². The third kappa shape index (κ3) is 2.31. The lowest BCUT2D eigenvalue weighted by molar-refractivity contribution is 0.906. The topological polar surface area (TPSA) is 0 Å². The Labute approximate surface area is 138 Å². The maximum absolute atomic E-state index is 2.29. The Morgan fingerprint density at radius 1 is 0.696 bits per heavy atom. The van der Waals surface area contributed by atoms with Gasteiger partial charge in [-0.1, -0.05) is 97.4 Å². The van der Waals surface area contributed by atoms with Crippen molar-refractivity contribution in [1.29, 1.82) is 0 Å². The summed E-state index contributed by atoms with van der Waals surface area (Å²) in [5, 5.41) is 0.